The molecule has 0 N–H and O–H groups in total. The van der Waals surface area contributed by atoms with Gasteiger partial charge in [-0.25, -0.2) is 0 Å². The van der Waals surface area contributed by atoms with Crippen LogP contribution in [0.2, 0.25) is 5.15 Å². The topological polar surface area (TPSA) is 8.17 Å². The van der Waals surface area contributed by atoms with Gasteiger partial charge in [-0.05, 0) is 26.2 Å². The fourth-order valence-electron chi connectivity index (χ4n) is 1.70. The Balaban J connectivity index is 2.36. The minimum absolute atomic E-state index is 0.818. The third-order valence-electron chi connectivity index (χ3n) is 2.53. The van der Waals surface area contributed by atoms with E-state index < -0.39 is 0 Å². The predicted molar refractivity (Wildman–Crippen MR) is 65.5 cm³/mol. The lowest BCUT2D eigenvalue weighted by molar-refractivity contribution is 0.387. The van der Waals surface area contributed by atoms with Crippen molar-refractivity contribution in [3.05, 3.63) is 35.5 Å². The van der Waals surface area contributed by atoms with E-state index in [1.54, 1.807) is 0 Å². The Hall–Kier alpha value is -0.990. The fraction of sp³-hybridized carbons (Fsp3) is 0.333. The average molecular weight is 223 g/mol. The molecule has 0 aliphatic heterocycles. The van der Waals surface area contributed by atoms with Gasteiger partial charge in [-0.1, -0.05) is 29.8 Å². The summed E-state index contributed by atoms with van der Waals surface area (Å²) in [4.78, 5) is 2.16. The van der Waals surface area contributed by atoms with Crippen LogP contribution in [0.1, 0.15) is 0 Å². The van der Waals surface area contributed by atoms with Crippen molar-refractivity contribution in [3.8, 4) is 0 Å². The van der Waals surface area contributed by atoms with E-state index in [1.165, 1.54) is 10.9 Å². The molecule has 0 saturated heterocycles. The first-order valence-electron chi connectivity index (χ1n) is 5.07. The van der Waals surface area contributed by atoms with E-state index in [1.807, 2.05) is 18.2 Å². The van der Waals surface area contributed by atoms with E-state index in [0.717, 1.165) is 18.2 Å². The van der Waals surface area contributed by atoms with Crippen LogP contribution in [0.3, 0.4) is 0 Å². The maximum atomic E-state index is 6.20. The van der Waals surface area contributed by atoms with Crippen LogP contribution in [0.15, 0.2) is 30.3 Å². The molecular formula is C12H15ClN2. The van der Waals surface area contributed by atoms with Crippen LogP contribution >= 0.6 is 11.6 Å². The molecular weight excluding hydrogens is 208 g/mol. The maximum absolute atomic E-state index is 6.20. The van der Waals surface area contributed by atoms with Crippen molar-refractivity contribution in [2.24, 2.45) is 0 Å². The molecule has 80 valence electrons. The number of benzene rings is 1. The van der Waals surface area contributed by atoms with Gasteiger partial charge < -0.3 is 9.47 Å². The smallest absolute Gasteiger partial charge is 0.110 e. The lowest BCUT2D eigenvalue weighted by Crippen LogP contribution is -2.18. The second-order valence-corrected chi connectivity index (χ2v) is 4.37. The molecule has 3 heteroatoms. The number of aromatic nitrogens is 1. The Bertz CT molecular complexity index is 460. The Morgan fingerprint density at radius 1 is 1.27 bits per heavy atom. The third-order valence-corrected chi connectivity index (χ3v) is 2.84. The number of hydrogen-bond donors (Lipinski definition) is 0. The van der Waals surface area contributed by atoms with Crippen LogP contribution in [-0.2, 0) is 6.54 Å². The Kier molecular flexibility index (Phi) is 2.98. The van der Waals surface area contributed by atoms with E-state index in [4.69, 9.17) is 11.6 Å². The molecule has 1 aromatic carbocycles. The van der Waals surface area contributed by atoms with E-state index >= 15 is 0 Å². The van der Waals surface area contributed by atoms with Crippen molar-refractivity contribution < 1.29 is 0 Å². The van der Waals surface area contributed by atoms with E-state index in [9.17, 15) is 0 Å². The van der Waals surface area contributed by atoms with Crippen molar-refractivity contribution in [1.82, 2.24) is 9.47 Å². The summed E-state index contributed by atoms with van der Waals surface area (Å²) >= 11 is 6.20. The van der Waals surface area contributed by atoms with Crippen LogP contribution in [-0.4, -0.2) is 30.1 Å². The molecule has 15 heavy (non-hydrogen) atoms. The van der Waals surface area contributed by atoms with Gasteiger partial charge in [0.15, 0.2) is 0 Å². The Morgan fingerprint density at radius 3 is 2.73 bits per heavy atom. The van der Waals surface area contributed by atoms with Crippen molar-refractivity contribution >= 4 is 22.5 Å². The molecule has 0 aliphatic carbocycles. The van der Waals surface area contributed by atoms with Gasteiger partial charge in [0, 0.05) is 24.0 Å². The van der Waals surface area contributed by atoms with Gasteiger partial charge in [0.1, 0.15) is 5.15 Å². The lowest BCUT2D eigenvalue weighted by Gasteiger charge is -2.12. The number of nitrogens with zero attached hydrogens (tertiary/aromatic N) is 2. The maximum Gasteiger partial charge on any atom is 0.110 e. The van der Waals surface area contributed by atoms with Crippen LogP contribution in [0.4, 0.5) is 0 Å². The van der Waals surface area contributed by atoms with E-state index in [-0.39, 0.29) is 0 Å². The molecule has 0 bridgehead atoms. The van der Waals surface area contributed by atoms with Gasteiger partial charge in [-0.15, -0.1) is 0 Å². The van der Waals surface area contributed by atoms with Gasteiger partial charge in [0.25, 0.3) is 0 Å². The molecule has 0 unspecified atom stereocenters. The first kappa shape index (κ1) is 10.5. The fourth-order valence-corrected chi connectivity index (χ4v) is 2.00. The molecule has 0 spiro atoms. The second kappa shape index (κ2) is 4.25. The summed E-state index contributed by atoms with van der Waals surface area (Å²) in [5, 5.41) is 2.03. The quantitative estimate of drug-likeness (QED) is 0.776. The van der Waals surface area contributed by atoms with Crippen LogP contribution < -0.4 is 0 Å². The van der Waals surface area contributed by atoms with E-state index in [2.05, 4.69) is 35.7 Å². The number of rotatable bonds is 3. The zero-order chi connectivity index (χ0) is 10.8. The minimum atomic E-state index is 0.818. The zero-order valence-corrected chi connectivity index (χ0v) is 9.83. The molecule has 2 rings (SSSR count). The molecule has 0 fully saturated rings. The van der Waals surface area contributed by atoms with Crippen LogP contribution in [0.5, 0.6) is 0 Å². The Labute approximate surface area is 95.1 Å². The predicted octanol–water partition coefficient (Wildman–Crippen LogP) is 2.86. The van der Waals surface area contributed by atoms with Crippen LogP contribution in [0.25, 0.3) is 10.9 Å². The number of likely N-dealkylation sites (N-methyl/N-ethyl adjacent to an activating group) is 1. The highest BCUT2D eigenvalue weighted by molar-refractivity contribution is 6.30. The molecule has 2 aromatic rings. The SMILES string of the molecule is CN(C)CCn1c(Cl)cc2ccccc21. The van der Waals surface area contributed by atoms with Crippen LogP contribution in [0, 0.1) is 0 Å². The number of halogens is 1. The number of hydrogen-bond acceptors (Lipinski definition) is 1. The zero-order valence-electron chi connectivity index (χ0n) is 9.07. The molecule has 0 amide bonds. The summed E-state index contributed by atoms with van der Waals surface area (Å²) in [5.74, 6) is 0. The standard InChI is InChI=1S/C12H15ClN2/c1-14(2)7-8-15-11-6-4-3-5-10(11)9-12(15)13/h3-6,9H,7-8H2,1-2H3. The van der Waals surface area contributed by atoms with Gasteiger partial charge in [0.2, 0.25) is 0 Å². The Morgan fingerprint density at radius 2 is 2.00 bits per heavy atom. The van der Waals surface area contributed by atoms with Crippen molar-refractivity contribution in [3.63, 3.8) is 0 Å². The first-order chi connectivity index (χ1) is 7.18. The van der Waals surface area contributed by atoms with E-state index in [0.29, 0.717) is 0 Å². The average Bonchev–Trinajstić information content (AvgIpc) is 2.50. The number of para-hydroxylation sites is 1. The summed E-state index contributed by atoms with van der Waals surface area (Å²) < 4.78 is 2.15. The highest BCUT2D eigenvalue weighted by Gasteiger charge is 2.05. The largest absolute Gasteiger partial charge is 0.330 e. The summed E-state index contributed by atoms with van der Waals surface area (Å²) in [5.41, 5.74) is 1.21. The molecule has 0 saturated carbocycles. The summed E-state index contributed by atoms with van der Waals surface area (Å²) in [7, 11) is 4.14. The van der Waals surface area contributed by atoms with Gasteiger partial charge in [-0.2, -0.15) is 0 Å². The molecule has 1 aromatic heterocycles. The van der Waals surface area contributed by atoms with Gasteiger partial charge >= 0.3 is 0 Å². The highest BCUT2D eigenvalue weighted by atomic mass is 35.5. The molecule has 0 atom stereocenters. The van der Waals surface area contributed by atoms with Crippen molar-refractivity contribution in [2.45, 2.75) is 6.54 Å². The van der Waals surface area contributed by atoms with Gasteiger partial charge in [-0.3, -0.25) is 0 Å². The summed E-state index contributed by atoms with van der Waals surface area (Å²) in [6.07, 6.45) is 0. The summed E-state index contributed by atoms with van der Waals surface area (Å²) in [6, 6.07) is 10.3. The summed E-state index contributed by atoms with van der Waals surface area (Å²) in [6.45, 7) is 1.93. The molecule has 0 radical (unpaired) electrons. The lowest BCUT2D eigenvalue weighted by atomic mass is 10.2. The second-order valence-electron chi connectivity index (χ2n) is 3.98. The molecule has 0 aliphatic rings. The van der Waals surface area contributed by atoms with Gasteiger partial charge in [0.05, 0.1) is 0 Å². The molecule has 2 nitrogen and oxygen atoms in total. The van der Waals surface area contributed by atoms with Crippen molar-refractivity contribution in [1.29, 1.82) is 0 Å². The third kappa shape index (κ3) is 2.16. The number of fused-ring (bicyclic) bond motifs is 1. The first-order valence-corrected chi connectivity index (χ1v) is 5.45. The highest BCUT2D eigenvalue weighted by Crippen LogP contribution is 2.23. The monoisotopic (exact) mass is 222 g/mol. The molecule has 1 heterocycles. The van der Waals surface area contributed by atoms with Crippen molar-refractivity contribution in [2.75, 3.05) is 20.6 Å². The normalized spacial score (nSPS) is 11.5. The minimum Gasteiger partial charge on any atom is -0.330 e.